The summed E-state index contributed by atoms with van der Waals surface area (Å²) in [7, 11) is 0. The van der Waals surface area contributed by atoms with Crippen molar-refractivity contribution in [2.75, 3.05) is 37.9 Å². The van der Waals surface area contributed by atoms with Crippen molar-refractivity contribution < 1.29 is 63.7 Å². The van der Waals surface area contributed by atoms with Gasteiger partial charge in [0.25, 0.3) is 0 Å². The lowest BCUT2D eigenvalue weighted by atomic mass is 9.69. The van der Waals surface area contributed by atoms with Gasteiger partial charge in [-0.15, -0.1) is 0 Å². The Bertz CT molecular complexity index is 3570. The topological polar surface area (TPSA) is 71.1 Å². The molecule has 6 aromatic rings. The molecule has 0 heterocycles. The second-order valence-corrected chi connectivity index (χ2v) is 30.7. The van der Waals surface area contributed by atoms with Crippen molar-refractivity contribution in [3.63, 3.8) is 0 Å². The molecule has 0 aromatic heterocycles. The number of carbonyl (C=O) groups is 2. The molecular weight excluding hydrogens is 1390 g/mol. The van der Waals surface area contributed by atoms with Gasteiger partial charge in [-0.2, -0.15) is 35.1 Å². The van der Waals surface area contributed by atoms with Crippen LogP contribution in [0.25, 0.3) is 55.6 Å². The van der Waals surface area contributed by atoms with Gasteiger partial charge < -0.3 is 18.9 Å². The van der Waals surface area contributed by atoms with E-state index in [9.17, 15) is 44.7 Å². The largest absolute Gasteiger partial charge is 0.479 e. The van der Waals surface area contributed by atoms with E-state index in [1.807, 2.05) is 18.2 Å². The highest BCUT2D eigenvalue weighted by atomic mass is 32.2. The van der Waals surface area contributed by atoms with Crippen molar-refractivity contribution in [3.8, 4) is 55.6 Å². The smallest absolute Gasteiger partial charge is 0.319 e. The summed E-state index contributed by atoms with van der Waals surface area (Å²) in [4.78, 5) is 25.5. The van der Waals surface area contributed by atoms with Gasteiger partial charge in [-0.1, -0.05) is 262 Å². The Balaban J connectivity index is 1.08. The molecule has 0 bridgehead atoms. The van der Waals surface area contributed by atoms with E-state index in [1.165, 1.54) is 109 Å². The zero-order chi connectivity index (χ0) is 73.2. The minimum atomic E-state index is -4.48. The number of ether oxygens (including phenoxy) is 4. The summed E-state index contributed by atoms with van der Waals surface area (Å²) in [6.45, 7) is 7.85. The number of thioether (sulfide) groups is 2. The van der Waals surface area contributed by atoms with Crippen LogP contribution in [0.2, 0.25) is 0 Å². The molecule has 102 heavy (non-hydrogen) atoms. The fourth-order valence-corrected chi connectivity index (χ4v) is 16.7. The first-order chi connectivity index (χ1) is 49.1. The Hall–Kier alpha value is -5.82. The molecule has 0 spiro atoms. The number of benzene rings is 6. The van der Waals surface area contributed by atoms with Crippen LogP contribution in [0.5, 0.6) is 0 Å². The van der Waals surface area contributed by atoms with E-state index in [-0.39, 0.29) is 40.6 Å². The van der Waals surface area contributed by atoms with Crippen molar-refractivity contribution in [2.24, 2.45) is 0 Å². The maximum absolute atomic E-state index is 14.8. The first kappa shape index (κ1) is 81.8. The molecule has 0 amide bonds. The molecule has 0 atom stereocenters. The lowest BCUT2D eigenvalue weighted by Crippen LogP contribution is -2.43. The van der Waals surface area contributed by atoms with Gasteiger partial charge in [0, 0.05) is 23.7 Å². The summed E-state index contributed by atoms with van der Waals surface area (Å²) in [6, 6.07) is 49.2. The second kappa shape index (κ2) is 39.5. The van der Waals surface area contributed by atoms with E-state index < -0.39 is 78.2 Å². The molecule has 6 nitrogen and oxygen atoms in total. The minimum Gasteiger partial charge on any atom is -0.479 e. The third-order valence-electron chi connectivity index (χ3n) is 20.3. The molecule has 18 heteroatoms. The minimum absolute atomic E-state index is 0.0546. The van der Waals surface area contributed by atoms with Crippen molar-refractivity contribution in [2.45, 2.75) is 242 Å². The van der Waals surface area contributed by atoms with Crippen LogP contribution in [0.1, 0.15) is 230 Å². The predicted molar refractivity (Wildman–Crippen MR) is 411 cm³/mol. The predicted octanol–water partition coefficient (Wildman–Crippen LogP) is 25.9. The van der Waals surface area contributed by atoms with E-state index in [0.717, 1.165) is 97.6 Å². The fraction of sp³-hybridized carbons (Fsp3) is 0.524. The Morgan fingerprint density at radius 1 is 0.353 bits per heavy atom. The van der Waals surface area contributed by atoms with E-state index in [2.05, 4.69) is 129 Å². The Labute approximate surface area is 619 Å². The van der Waals surface area contributed by atoms with Gasteiger partial charge >= 0.3 is 35.6 Å². The van der Waals surface area contributed by atoms with Crippen molar-refractivity contribution in [1.29, 1.82) is 0 Å². The maximum atomic E-state index is 14.8. The molecule has 0 saturated carbocycles. The monoisotopic (exact) mass is 1490 g/mol. The van der Waals surface area contributed by atoms with Crippen LogP contribution in [-0.4, -0.2) is 82.3 Å². The SMILES string of the molecule is CCCCCCCCC1(CCCCCCCC)c2cc(-c3ccccc3)ccc2-c2ccc(-c3ccc4c(c3)C(CCCCCCOC(=O)CCC(F)(F)C(F)(F)CSC(=S)OCC)(CCCCCCOC(=O)CCC(F)(F)C(F)(F)CSC(=S)OCC)c3cc(-c5ccccc5)ccc3-4)cc21. The number of halogens is 8. The van der Waals surface area contributed by atoms with Crippen LogP contribution in [-0.2, 0) is 39.4 Å². The normalized spacial score (nSPS) is 13.6. The average molecular weight is 1490 g/mol. The molecule has 2 aliphatic carbocycles. The van der Waals surface area contributed by atoms with Crippen molar-refractivity contribution in [1.82, 2.24) is 0 Å². The van der Waals surface area contributed by atoms with E-state index in [1.54, 1.807) is 13.8 Å². The molecule has 0 N–H and O–H groups in total. The molecular formula is C84H102F8O6S4. The molecule has 554 valence electrons. The van der Waals surface area contributed by atoms with Crippen molar-refractivity contribution >= 4 is 68.7 Å². The van der Waals surface area contributed by atoms with Crippen LogP contribution in [0, 0.1) is 0 Å². The second-order valence-electron chi connectivity index (χ2n) is 27.5. The standard InChI is InChI=1S/C84H102F8O6S4/c1-5-9-11-13-15-27-47-79(48-28-16-14-12-10-6-2)71-55-63(61-33-23-21-24-34-61)37-41-67(71)69-43-39-65(57-73(69)79)66-40-44-70-68-42-38-64(62-35-25-22-26-36-62)56-72(68)80(74(70)58-66,49-29-17-19-31-53-97-75(93)45-51-81(85,86)83(89,90)59-101-77(99)95-7-3)50-30-18-20-32-54-98-76(94)46-52-82(87,88)84(91,92)60-102-78(100)96-8-4/h21-26,33-44,55-58H,5-20,27-32,45-54,59-60H2,1-4H3. The first-order valence-corrected chi connectivity index (χ1v) is 40.0. The van der Waals surface area contributed by atoms with Crippen LogP contribution in [0.3, 0.4) is 0 Å². The van der Waals surface area contributed by atoms with E-state index >= 15 is 0 Å². The Morgan fingerprint density at radius 2 is 0.637 bits per heavy atom. The molecule has 6 aromatic carbocycles. The summed E-state index contributed by atoms with van der Waals surface area (Å²) in [5.74, 6) is -22.4. The number of alkyl halides is 8. The van der Waals surface area contributed by atoms with Gasteiger partial charge in [0.2, 0.25) is 8.77 Å². The van der Waals surface area contributed by atoms with E-state index in [0.29, 0.717) is 49.2 Å². The van der Waals surface area contributed by atoms with Gasteiger partial charge in [0.15, 0.2) is 0 Å². The highest BCUT2D eigenvalue weighted by Gasteiger charge is 2.57. The quantitative estimate of drug-likeness (QED) is 0.0160. The highest BCUT2D eigenvalue weighted by Crippen LogP contribution is 2.59. The van der Waals surface area contributed by atoms with Crippen LogP contribution < -0.4 is 0 Å². The average Bonchev–Trinajstić information content (AvgIpc) is 1.56. The number of hydrogen-bond acceptors (Lipinski definition) is 10. The molecule has 2 aliphatic rings. The summed E-state index contributed by atoms with van der Waals surface area (Å²) >= 11 is 10.3. The zero-order valence-corrected chi connectivity index (χ0v) is 63.1. The molecule has 0 saturated heterocycles. The summed E-state index contributed by atoms with van der Waals surface area (Å²) in [5.41, 5.74) is 16.4. The Kier molecular flexibility index (Phi) is 31.7. The van der Waals surface area contributed by atoms with Gasteiger partial charge in [0.1, 0.15) is 0 Å². The molecule has 0 fully saturated rings. The first-order valence-electron chi connectivity index (χ1n) is 37.2. The number of carbonyl (C=O) groups excluding carboxylic acids is 2. The number of hydrogen-bond donors (Lipinski definition) is 0. The molecule has 8 rings (SSSR count). The number of thiocarbonyl (C=S) groups is 2. The lowest BCUT2D eigenvalue weighted by molar-refractivity contribution is -0.200. The van der Waals surface area contributed by atoms with Crippen molar-refractivity contribution in [3.05, 3.63) is 156 Å². The number of unbranched alkanes of at least 4 members (excludes halogenated alkanes) is 16. The van der Waals surface area contributed by atoms with Gasteiger partial charge in [-0.25, -0.2) is 0 Å². The maximum Gasteiger partial charge on any atom is 0.319 e. The third-order valence-corrected chi connectivity index (χ3v) is 23.0. The van der Waals surface area contributed by atoms with Gasteiger partial charge in [-0.05, 0) is 179 Å². The summed E-state index contributed by atoms with van der Waals surface area (Å²) < 4.78 is 138. The number of fused-ring (bicyclic) bond motifs is 6. The van der Waals surface area contributed by atoms with Gasteiger partial charge in [0.05, 0.1) is 50.8 Å². The van der Waals surface area contributed by atoms with Crippen LogP contribution in [0.4, 0.5) is 35.1 Å². The molecule has 0 aliphatic heterocycles. The summed E-state index contributed by atoms with van der Waals surface area (Å²) in [6.07, 6.45) is 18.7. The van der Waals surface area contributed by atoms with Gasteiger partial charge in [-0.3, -0.25) is 9.59 Å². The molecule has 0 unspecified atom stereocenters. The highest BCUT2D eigenvalue weighted by molar-refractivity contribution is 8.23. The fourth-order valence-electron chi connectivity index (χ4n) is 14.7. The number of esters is 2. The third kappa shape index (κ3) is 21.7. The van der Waals surface area contributed by atoms with Crippen LogP contribution in [0.15, 0.2) is 133 Å². The number of rotatable bonds is 45. The zero-order valence-electron chi connectivity index (χ0n) is 59.8. The Morgan fingerprint density at radius 3 is 0.941 bits per heavy atom. The van der Waals surface area contributed by atoms with Crippen LogP contribution >= 0.6 is 48.0 Å². The molecule has 0 radical (unpaired) electrons. The summed E-state index contributed by atoms with van der Waals surface area (Å²) in [5, 5.41) is 0. The van der Waals surface area contributed by atoms with E-state index in [4.69, 9.17) is 43.4 Å². The lowest BCUT2D eigenvalue weighted by Gasteiger charge is -2.34.